The molecule has 0 amide bonds. The molecule has 0 radical (unpaired) electrons. The third-order valence-corrected chi connectivity index (χ3v) is 9.56. The van der Waals surface area contributed by atoms with Crippen LogP contribution in [-0.4, -0.2) is 19.5 Å². The molecule has 2 aliphatic carbocycles. The summed E-state index contributed by atoms with van der Waals surface area (Å²) in [4.78, 5) is 15.0. The van der Waals surface area contributed by atoms with Crippen molar-refractivity contribution in [3.8, 4) is 28.5 Å². The zero-order valence-electron chi connectivity index (χ0n) is 27.1. The molecule has 0 fully saturated rings. The zero-order chi connectivity index (χ0) is 32.6. The molecule has 7 aromatic rings. The smallest absolute Gasteiger partial charge is 0.163 e. The van der Waals surface area contributed by atoms with Gasteiger partial charge in [-0.1, -0.05) is 140 Å². The Kier molecular flexibility index (Phi) is 7.39. The number of rotatable bonds is 6. The third kappa shape index (κ3) is 5.51. The van der Waals surface area contributed by atoms with E-state index in [4.69, 9.17) is 15.0 Å². The highest BCUT2D eigenvalue weighted by molar-refractivity contribution is 6.10. The Bertz CT molecular complexity index is 2410. The molecule has 0 aliphatic heterocycles. The molecule has 2 aromatic heterocycles. The number of fused-ring (bicyclic) bond motifs is 3. The molecule has 0 saturated heterocycles. The van der Waals surface area contributed by atoms with Crippen LogP contribution < -0.4 is 0 Å². The van der Waals surface area contributed by atoms with Gasteiger partial charge in [0.25, 0.3) is 0 Å². The summed E-state index contributed by atoms with van der Waals surface area (Å²) >= 11 is 0. The summed E-state index contributed by atoms with van der Waals surface area (Å²) in [7, 11) is 0. The lowest BCUT2D eigenvalue weighted by atomic mass is 9.91. The lowest BCUT2D eigenvalue weighted by Crippen LogP contribution is -2.09. The lowest BCUT2D eigenvalue weighted by Gasteiger charge is -2.18. The minimum atomic E-state index is 0.0178. The van der Waals surface area contributed by atoms with E-state index in [1.54, 1.807) is 0 Å². The first-order chi connectivity index (χ1) is 24.3. The van der Waals surface area contributed by atoms with Gasteiger partial charge in [0.15, 0.2) is 11.6 Å². The fourth-order valence-electron chi connectivity index (χ4n) is 7.13. The van der Waals surface area contributed by atoms with E-state index in [1.807, 2.05) is 36.4 Å². The van der Waals surface area contributed by atoms with Gasteiger partial charge in [-0.25, -0.2) is 15.0 Å². The van der Waals surface area contributed by atoms with Gasteiger partial charge in [0.1, 0.15) is 5.82 Å². The van der Waals surface area contributed by atoms with Crippen LogP contribution in [0.1, 0.15) is 42.1 Å². The summed E-state index contributed by atoms with van der Waals surface area (Å²) in [5.41, 5.74) is 10.4. The molecule has 0 bridgehead atoms. The largest absolute Gasteiger partial charge is 0.309 e. The molecule has 49 heavy (non-hydrogen) atoms. The first kappa shape index (κ1) is 29.0. The standard InChI is InChI=1S/C45H34N4/c1-4-14-31(15-5-1)36-26-27-40-39-24-10-11-25-41(39)49(42(40)30-36)38-23-13-21-35(29-38)34-20-12-22-37(28-34)45-47-43(32-16-6-2-7-17-32)46-44(48-45)33-18-8-3-9-19-33/h2-4,6-21,23-30,37H,1,5,22H2. The second-order valence-electron chi connectivity index (χ2n) is 12.7. The number of benzene rings is 5. The van der Waals surface area contributed by atoms with E-state index in [0.29, 0.717) is 11.6 Å². The highest BCUT2D eigenvalue weighted by Crippen LogP contribution is 2.37. The molecule has 234 valence electrons. The van der Waals surface area contributed by atoms with E-state index in [2.05, 4.69) is 132 Å². The number of para-hydroxylation sites is 1. The predicted molar refractivity (Wildman–Crippen MR) is 202 cm³/mol. The van der Waals surface area contributed by atoms with Gasteiger partial charge in [0, 0.05) is 33.5 Å². The molecule has 0 N–H and O–H groups in total. The van der Waals surface area contributed by atoms with Gasteiger partial charge in [-0.2, -0.15) is 0 Å². The molecular formula is C45H34N4. The zero-order valence-corrected chi connectivity index (χ0v) is 27.1. The monoisotopic (exact) mass is 630 g/mol. The van der Waals surface area contributed by atoms with Crippen molar-refractivity contribution < 1.29 is 0 Å². The minimum Gasteiger partial charge on any atom is -0.309 e. The van der Waals surface area contributed by atoms with Crippen molar-refractivity contribution in [2.24, 2.45) is 0 Å². The Hall–Kier alpha value is -6.13. The van der Waals surface area contributed by atoms with E-state index in [-0.39, 0.29) is 5.92 Å². The Morgan fingerprint density at radius 2 is 1.18 bits per heavy atom. The van der Waals surface area contributed by atoms with Gasteiger partial charge in [-0.05, 0) is 65.8 Å². The van der Waals surface area contributed by atoms with Crippen molar-refractivity contribution in [1.82, 2.24) is 19.5 Å². The molecule has 9 rings (SSSR count). The van der Waals surface area contributed by atoms with Crippen LogP contribution in [0.4, 0.5) is 0 Å². The summed E-state index contributed by atoms with van der Waals surface area (Å²) in [5.74, 6) is 2.19. The van der Waals surface area contributed by atoms with E-state index in [1.165, 1.54) is 44.1 Å². The number of aromatic nitrogens is 4. The Morgan fingerprint density at radius 3 is 1.94 bits per heavy atom. The van der Waals surface area contributed by atoms with Gasteiger partial charge in [0.2, 0.25) is 0 Å². The fraction of sp³-hybridized carbons (Fsp3) is 0.0889. The summed E-state index contributed by atoms with van der Waals surface area (Å²) in [6.07, 6.45) is 16.7. The second-order valence-corrected chi connectivity index (χ2v) is 12.7. The van der Waals surface area contributed by atoms with E-state index >= 15 is 0 Å². The minimum absolute atomic E-state index is 0.0178. The maximum atomic E-state index is 5.04. The second kappa shape index (κ2) is 12.5. The maximum Gasteiger partial charge on any atom is 0.163 e. The first-order valence-corrected chi connectivity index (χ1v) is 17.0. The number of allylic oxidation sites excluding steroid dienone is 8. The van der Waals surface area contributed by atoms with Crippen molar-refractivity contribution in [2.75, 3.05) is 0 Å². The highest BCUT2D eigenvalue weighted by atomic mass is 15.0. The molecule has 2 heterocycles. The number of hydrogen-bond acceptors (Lipinski definition) is 3. The number of hydrogen-bond donors (Lipinski definition) is 0. The Balaban J connectivity index is 1.14. The summed E-state index contributed by atoms with van der Waals surface area (Å²) < 4.78 is 2.42. The van der Waals surface area contributed by atoms with E-state index in [9.17, 15) is 0 Å². The van der Waals surface area contributed by atoms with Gasteiger partial charge in [-0.15, -0.1) is 0 Å². The summed E-state index contributed by atoms with van der Waals surface area (Å²) in [6, 6.07) is 44.9. The average molecular weight is 631 g/mol. The molecule has 1 atom stereocenters. The normalized spacial score (nSPS) is 15.8. The van der Waals surface area contributed by atoms with Crippen LogP contribution >= 0.6 is 0 Å². The molecule has 0 spiro atoms. The van der Waals surface area contributed by atoms with Crippen molar-refractivity contribution in [3.05, 3.63) is 181 Å². The maximum absolute atomic E-state index is 5.04. The predicted octanol–water partition coefficient (Wildman–Crippen LogP) is 11.2. The molecule has 0 saturated carbocycles. The molecule has 4 heteroatoms. The SMILES string of the molecule is C1=CC(c2ccc3c4ccccc4n(-c4cccc(C5=CC(c6nc(-c7ccccc7)nc(-c7ccccc7)n6)CC=C5)c4)c3c2)=CCC1. The molecule has 5 aromatic carbocycles. The van der Waals surface area contributed by atoms with Crippen LogP contribution in [-0.2, 0) is 0 Å². The van der Waals surface area contributed by atoms with Gasteiger partial charge < -0.3 is 4.57 Å². The van der Waals surface area contributed by atoms with Gasteiger partial charge in [0.05, 0.1) is 11.0 Å². The molecule has 4 nitrogen and oxygen atoms in total. The Morgan fingerprint density at radius 1 is 0.510 bits per heavy atom. The van der Waals surface area contributed by atoms with Crippen LogP contribution in [0.5, 0.6) is 0 Å². The van der Waals surface area contributed by atoms with Crippen LogP contribution in [0.3, 0.4) is 0 Å². The molecule has 1 unspecified atom stereocenters. The molecular weight excluding hydrogens is 597 g/mol. The van der Waals surface area contributed by atoms with Gasteiger partial charge in [-0.3, -0.25) is 0 Å². The van der Waals surface area contributed by atoms with Crippen LogP contribution in [0.25, 0.3) is 61.4 Å². The topological polar surface area (TPSA) is 43.6 Å². The van der Waals surface area contributed by atoms with Crippen molar-refractivity contribution >= 4 is 33.0 Å². The van der Waals surface area contributed by atoms with Crippen LogP contribution in [0.2, 0.25) is 0 Å². The van der Waals surface area contributed by atoms with Crippen LogP contribution in [0, 0.1) is 0 Å². The van der Waals surface area contributed by atoms with E-state index in [0.717, 1.165) is 41.9 Å². The lowest BCUT2D eigenvalue weighted by molar-refractivity contribution is 0.766. The summed E-state index contributed by atoms with van der Waals surface area (Å²) in [6.45, 7) is 0. The molecule has 2 aliphatic rings. The van der Waals surface area contributed by atoms with Gasteiger partial charge >= 0.3 is 0 Å². The Labute approximate surface area is 286 Å². The quantitative estimate of drug-likeness (QED) is 0.184. The van der Waals surface area contributed by atoms with E-state index < -0.39 is 0 Å². The highest BCUT2D eigenvalue weighted by Gasteiger charge is 2.20. The fourth-order valence-corrected chi connectivity index (χ4v) is 7.13. The van der Waals surface area contributed by atoms with Crippen LogP contribution in [0.15, 0.2) is 164 Å². The third-order valence-electron chi connectivity index (χ3n) is 9.56. The average Bonchev–Trinajstić information content (AvgIpc) is 3.52. The number of nitrogens with zero attached hydrogens (tertiary/aromatic N) is 4. The first-order valence-electron chi connectivity index (χ1n) is 17.0. The summed E-state index contributed by atoms with van der Waals surface area (Å²) in [5, 5.41) is 2.53. The van der Waals surface area contributed by atoms with Crippen molar-refractivity contribution in [2.45, 2.75) is 25.2 Å². The van der Waals surface area contributed by atoms with Crippen molar-refractivity contribution in [3.63, 3.8) is 0 Å². The van der Waals surface area contributed by atoms with Crippen molar-refractivity contribution in [1.29, 1.82) is 0 Å².